The second-order valence-corrected chi connectivity index (χ2v) is 13.4. The number of carbonyl (C=O) groups is 1. The fourth-order valence-corrected chi connectivity index (χ4v) is 5.65. The Labute approximate surface area is 249 Å². The first-order valence-corrected chi connectivity index (χ1v) is 17.8. The van der Waals surface area contributed by atoms with Crippen molar-refractivity contribution in [2.75, 3.05) is 27.7 Å². The molecule has 0 bridgehead atoms. The van der Waals surface area contributed by atoms with Crippen LogP contribution >= 0.6 is 8.03 Å². The van der Waals surface area contributed by atoms with Gasteiger partial charge in [-0.25, -0.2) is 0 Å². The van der Waals surface area contributed by atoms with Crippen LogP contribution < -0.4 is 4.89 Å². The van der Waals surface area contributed by atoms with Crippen molar-refractivity contribution >= 4 is 13.8 Å². The zero-order valence-electron chi connectivity index (χ0n) is 27.1. The topological polar surface area (TPSA) is 97.7 Å². The Morgan fingerprint density at radius 1 is 0.725 bits per heavy atom. The lowest BCUT2D eigenvalue weighted by Gasteiger charge is -2.27. The van der Waals surface area contributed by atoms with Gasteiger partial charge in [0.1, 0.15) is 6.10 Å². The van der Waals surface area contributed by atoms with Crippen molar-refractivity contribution in [1.29, 1.82) is 0 Å². The third-order valence-corrected chi connectivity index (χ3v) is 8.85. The maximum atomic E-state index is 11.5. The highest BCUT2D eigenvalue weighted by molar-refractivity contribution is 7.37. The van der Waals surface area contributed by atoms with Crippen LogP contribution in [0.25, 0.3) is 0 Å². The number of hydrogen-bond donors (Lipinski definition) is 2. The van der Waals surface area contributed by atoms with Gasteiger partial charge in [-0.3, -0.25) is 9.28 Å². The molecule has 0 saturated carbocycles. The summed E-state index contributed by atoms with van der Waals surface area (Å²) in [5, 5.41) is 18.2. The van der Waals surface area contributed by atoms with Crippen LogP contribution in [-0.4, -0.2) is 60.1 Å². The molecule has 0 aromatic heterocycles. The lowest BCUT2D eigenvalue weighted by molar-refractivity contribution is -0.883. The number of allylic oxidation sites excluding steroid dienone is 2. The maximum Gasteiger partial charge on any atom is 0.373 e. The Bertz CT molecular complexity index is 606. The summed E-state index contributed by atoms with van der Waals surface area (Å²) in [6, 6.07) is 0. The highest BCUT2D eigenvalue weighted by atomic mass is 31.1. The van der Waals surface area contributed by atoms with Crippen LogP contribution in [0.1, 0.15) is 155 Å². The molecule has 0 saturated heterocycles. The van der Waals surface area contributed by atoms with Crippen molar-refractivity contribution in [3.8, 4) is 0 Å². The van der Waals surface area contributed by atoms with E-state index in [1.54, 1.807) is 0 Å². The minimum Gasteiger partial charge on any atom is -0.591 e. The van der Waals surface area contributed by atoms with Gasteiger partial charge in [-0.1, -0.05) is 114 Å². The summed E-state index contributed by atoms with van der Waals surface area (Å²) in [6.07, 6.45) is 29.1. The SMILES string of the molecule is CCCCC([P+](=O)[O-])[N+](C)(C)C.CCCCCCCC/C=C\CCCCCCCCCCCC(=O)C(O)CCO. The van der Waals surface area contributed by atoms with Crippen molar-refractivity contribution in [2.45, 2.75) is 167 Å². The van der Waals surface area contributed by atoms with Gasteiger partial charge in [-0.05, 0) is 38.5 Å². The fourth-order valence-electron chi connectivity index (χ4n) is 4.69. The van der Waals surface area contributed by atoms with Gasteiger partial charge in [0.15, 0.2) is 5.78 Å². The molecule has 6 nitrogen and oxygen atoms in total. The molecule has 0 aliphatic carbocycles. The zero-order valence-corrected chi connectivity index (χ0v) is 28.0. The van der Waals surface area contributed by atoms with Gasteiger partial charge >= 0.3 is 8.03 Å². The van der Waals surface area contributed by atoms with E-state index < -0.39 is 14.1 Å². The highest BCUT2D eigenvalue weighted by Gasteiger charge is 2.34. The van der Waals surface area contributed by atoms with Crippen molar-refractivity contribution in [3.63, 3.8) is 0 Å². The lowest BCUT2D eigenvalue weighted by Crippen LogP contribution is -2.44. The van der Waals surface area contributed by atoms with Crippen LogP contribution in [0.15, 0.2) is 12.2 Å². The summed E-state index contributed by atoms with van der Waals surface area (Å²) in [5.74, 6) is -0.338. The number of carbonyl (C=O) groups excluding carboxylic acids is 1. The average Bonchev–Trinajstić information content (AvgIpc) is 2.89. The summed E-state index contributed by atoms with van der Waals surface area (Å²) < 4.78 is 11.4. The first-order chi connectivity index (χ1) is 19.1. The molecule has 238 valence electrons. The molecule has 0 aliphatic rings. The number of aliphatic hydroxyl groups is 2. The molecule has 0 amide bonds. The number of ketones is 1. The van der Waals surface area contributed by atoms with Crippen LogP contribution in [0.5, 0.6) is 0 Å². The van der Waals surface area contributed by atoms with Crippen LogP contribution in [0, 0.1) is 0 Å². The zero-order chi connectivity index (χ0) is 30.5. The van der Waals surface area contributed by atoms with E-state index >= 15 is 0 Å². The number of nitrogens with zero attached hydrogens (tertiary/aromatic N) is 1. The molecule has 0 aliphatic heterocycles. The summed E-state index contributed by atoms with van der Waals surface area (Å²) in [4.78, 5) is 22.4. The Balaban J connectivity index is 0. The largest absolute Gasteiger partial charge is 0.591 e. The van der Waals surface area contributed by atoms with Crippen LogP contribution in [0.3, 0.4) is 0 Å². The first-order valence-electron chi connectivity index (χ1n) is 16.5. The second-order valence-electron chi connectivity index (χ2n) is 12.3. The van der Waals surface area contributed by atoms with Gasteiger partial charge in [0, 0.05) is 25.9 Å². The van der Waals surface area contributed by atoms with E-state index in [0.717, 1.165) is 32.1 Å². The minimum atomic E-state index is -2.29. The molecule has 40 heavy (non-hydrogen) atoms. The molecule has 0 fully saturated rings. The standard InChI is InChI=1S/C25H48O3.C8H19NO2P/c1-2-3-4-5-6-7-8-9-10-11-12-13-14-15-16-17-18-19-20-21-24(27)25(28)22-23-26;1-5-6-7-8(12(10)11)9(2,3)4/h9-10,25-26,28H,2-8,11-23H2,1H3;8H,5-7H2,1-4H3/q;+1/b10-9-;. The fraction of sp³-hybridized carbons (Fsp3) is 0.909. The minimum absolute atomic E-state index is 0.116. The second kappa shape index (κ2) is 29.8. The molecular formula is C33H67NO5P+. The molecule has 2 N–H and O–H groups in total. The first kappa shape index (κ1) is 41.5. The van der Waals surface area contributed by atoms with Crippen molar-refractivity contribution in [1.82, 2.24) is 0 Å². The van der Waals surface area contributed by atoms with Gasteiger partial charge in [0.05, 0.1) is 21.1 Å². The third kappa shape index (κ3) is 28.9. The number of rotatable bonds is 27. The van der Waals surface area contributed by atoms with E-state index in [-0.39, 0.29) is 24.6 Å². The number of quaternary nitrogens is 1. The van der Waals surface area contributed by atoms with Gasteiger partial charge in [0.2, 0.25) is 0 Å². The van der Waals surface area contributed by atoms with Crippen LogP contribution in [0.2, 0.25) is 0 Å². The van der Waals surface area contributed by atoms with Crippen LogP contribution in [0.4, 0.5) is 0 Å². The van der Waals surface area contributed by atoms with Crippen LogP contribution in [-0.2, 0) is 9.36 Å². The Kier molecular flexibility index (Phi) is 30.9. The van der Waals surface area contributed by atoms with E-state index in [1.165, 1.54) is 96.3 Å². The Morgan fingerprint density at radius 2 is 1.15 bits per heavy atom. The Hall–Kier alpha value is -0.650. The Morgan fingerprint density at radius 3 is 1.55 bits per heavy atom. The highest BCUT2D eigenvalue weighted by Crippen LogP contribution is 2.28. The molecule has 0 aromatic carbocycles. The number of unbranched alkanes of at least 4 members (excludes halogenated alkanes) is 16. The lowest BCUT2D eigenvalue weighted by atomic mass is 10.0. The summed E-state index contributed by atoms with van der Waals surface area (Å²) in [6.45, 7) is 4.22. The van der Waals surface area contributed by atoms with Crippen molar-refractivity contribution < 1.29 is 28.9 Å². The van der Waals surface area contributed by atoms with Crippen molar-refractivity contribution in [2.24, 2.45) is 0 Å². The van der Waals surface area contributed by atoms with Gasteiger partial charge in [-0.15, -0.1) is 0 Å². The van der Waals surface area contributed by atoms with E-state index in [2.05, 4.69) is 26.0 Å². The molecular weight excluding hydrogens is 521 g/mol. The molecule has 0 spiro atoms. The van der Waals surface area contributed by atoms with E-state index in [0.29, 0.717) is 10.9 Å². The van der Waals surface area contributed by atoms with Gasteiger partial charge in [0.25, 0.3) is 5.78 Å². The third-order valence-electron chi connectivity index (χ3n) is 7.41. The summed E-state index contributed by atoms with van der Waals surface area (Å²) >= 11 is 0. The average molecular weight is 589 g/mol. The smallest absolute Gasteiger partial charge is 0.373 e. The molecule has 0 radical (unpaired) electrons. The predicted molar refractivity (Wildman–Crippen MR) is 170 cm³/mol. The molecule has 0 rings (SSSR count). The quantitative estimate of drug-likeness (QED) is 0.0436. The predicted octanol–water partition coefficient (Wildman–Crippen LogP) is 8.21. The monoisotopic (exact) mass is 588 g/mol. The molecule has 3 unspecified atom stereocenters. The summed E-state index contributed by atoms with van der Waals surface area (Å²) in [7, 11) is 3.47. The molecule has 7 heteroatoms. The molecule has 0 aromatic rings. The van der Waals surface area contributed by atoms with E-state index in [1.807, 2.05) is 21.1 Å². The van der Waals surface area contributed by atoms with E-state index in [9.17, 15) is 19.4 Å². The number of Topliss-reactive ketones (excluding diaryl/α,β-unsaturated/α-hetero) is 1. The van der Waals surface area contributed by atoms with Gasteiger partial charge in [-0.2, -0.15) is 0 Å². The maximum absolute atomic E-state index is 11.5. The number of hydrogen-bond acceptors (Lipinski definition) is 5. The summed E-state index contributed by atoms with van der Waals surface area (Å²) in [5.41, 5.74) is 0. The van der Waals surface area contributed by atoms with E-state index in [4.69, 9.17) is 5.11 Å². The van der Waals surface area contributed by atoms with Gasteiger partial charge < -0.3 is 15.1 Å². The number of aliphatic hydroxyl groups excluding tert-OH is 2. The van der Waals surface area contributed by atoms with Crippen molar-refractivity contribution in [3.05, 3.63) is 12.2 Å². The molecule has 3 atom stereocenters. The molecule has 0 heterocycles. The normalized spacial score (nSPS) is 13.7.